The van der Waals surface area contributed by atoms with Crippen LogP contribution in [0.5, 0.6) is 0 Å². The maximum atomic E-state index is 14.1. The van der Waals surface area contributed by atoms with Crippen molar-refractivity contribution in [3.05, 3.63) is 73.1 Å². The summed E-state index contributed by atoms with van der Waals surface area (Å²) in [4.78, 5) is 8.35. The van der Waals surface area contributed by atoms with Crippen LogP contribution in [0, 0.1) is 0 Å². The van der Waals surface area contributed by atoms with E-state index >= 15 is 0 Å². The summed E-state index contributed by atoms with van der Waals surface area (Å²) in [7, 11) is -11.8. The summed E-state index contributed by atoms with van der Waals surface area (Å²) in [6.07, 6.45) is 3.07. The molecular weight excluding hydrogens is 548 g/mol. The molecule has 13 heteroatoms. The summed E-state index contributed by atoms with van der Waals surface area (Å²) < 4.78 is 82.9. The van der Waals surface area contributed by atoms with Gasteiger partial charge in [0.15, 0.2) is 9.84 Å². The third kappa shape index (κ3) is 4.92. The fourth-order valence-electron chi connectivity index (χ4n) is 4.93. The number of hydrogen-bond acceptors (Lipinski definition) is 8. The topological polar surface area (TPSA) is 143 Å². The molecule has 0 radical (unpaired) electrons. The molecular formula is C25H26N4O6S3. The molecule has 0 amide bonds. The third-order valence-electron chi connectivity index (χ3n) is 6.74. The van der Waals surface area contributed by atoms with Crippen LogP contribution in [-0.2, 0) is 29.9 Å². The number of hydrogen-bond donors (Lipinski definition) is 1. The van der Waals surface area contributed by atoms with Gasteiger partial charge in [-0.15, -0.1) is 0 Å². The SMILES string of the molecule is C[C@@]1(N(CCNS(=O)(=O)c2cccc3cccnc23)S(=O)(=O)c2cccc3cccnc23)CCS(=O)(=O)C1. The maximum Gasteiger partial charge on any atom is 0.245 e. The number of sulfonamides is 2. The minimum atomic E-state index is -4.28. The van der Waals surface area contributed by atoms with Crippen LogP contribution < -0.4 is 4.72 Å². The van der Waals surface area contributed by atoms with E-state index in [1.165, 1.54) is 24.5 Å². The van der Waals surface area contributed by atoms with Crippen molar-refractivity contribution >= 4 is 51.7 Å². The van der Waals surface area contributed by atoms with Gasteiger partial charge in [0.1, 0.15) is 9.79 Å². The molecule has 1 N–H and O–H groups in total. The van der Waals surface area contributed by atoms with Crippen LogP contribution in [0.3, 0.4) is 0 Å². The number of nitrogens with zero attached hydrogens (tertiary/aromatic N) is 3. The van der Waals surface area contributed by atoms with Crippen molar-refractivity contribution in [1.29, 1.82) is 0 Å². The van der Waals surface area contributed by atoms with Crippen LogP contribution in [-0.4, -0.2) is 69.7 Å². The Hall–Kier alpha value is -2.97. The van der Waals surface area contributed by atoms with Gasteiger partial charge >= 0.3 is 0 Å². The van der Waals surface area contributed by atoms with Gasteiger partial charge in [-0.05, 0) is 37.6 Å². The lowest BCUT2D eigenvalue weighted by Gasteiger charge is -2.36. The Morgan fingerprint density at radius 3 is 2.00 bits per heavy atom. The minimum Gasteiger partial charge on any atom is -0.255 e. The summed E-state index contributed by atoms with van der Waals surface area (Å²) in [6, 6.07) is 16.4. The zero-order chi connectivity index (χ0) is 27.2. The van der Waals surface area contributed by atoms with Gasteiger partial charge in [0, 0.05) is 41.8 Å². The first-order valence-electron chi connectivity index (χ1n) is 11.8. The number of benzene rings is 2. The van der Waals surface area contributed by atoms with Crippen LogP contribution in [0.4, 0.5) is 0 Å². The van der Waals surface area contributed by atoms with E-state index in [-0.39, 0.29) is 46.3 Å². The van der Waals surface area contributed by atoms with Crippen molar-refractivity contribution in [2.24, 2.45) is 0 Å². The van der Waals surface area contributed by atoms with Gasteiger partial charge in [-0.3, -0.25) is 9.97 Å². The van der Waals surface area contributed by atoms with Crippen LogP contribution >= 0.6 is 0 Å². The van der Waals surface area contributed by atoms with E-state index in [0.717, 1.165) is 4.31 Å². The molecule has 1 atom stereocenters. The van der Waals surface area contributed by atoms with E-state index in [1.807, 2.05) is 0 Å². The molecule has 1 aliphatic rings. The van der Waals surface area contributed by atoms with Gasteiger partial charge in [0.2, 0.25) is 20.0 Å². The monoisotopic (exact) mass is 574 g/mol. The molecule has 0 spiro atoms. The number of fused-ring (bicyclic) bond motifs is 2. The highest BCUT2D eigenvalue weighted by Gasteiger charge is 2.48. The predicted octanol–water partition coefficient (Wildman–Crippen LogP) is 2.33. The molecule has 3 heterocycles. The normalized spacial score (nSPS) is 19.8. The number of pyridine rings is 2. The molecule has 2 aromatic heterocycles. The summed E-state index contributed by atoms with van der Waals surface area (Å²) in [5, 5.41) is 1.26. The first kappa shape index (κ1) is 26.6. The quantitative estimate of drug-likeness (QED) is 0.338. The largest absolute Gasteiger partial charge is 0.255 e. The van der Waals surface area contributed by atoms with E-state index in [1.54, 1.807) is 55.5 Å². The average Bonchev–Trinajstić information content (AvgIpc) is 3.18. The van der Waals surface area contributed by atoms with Gasteiger partial charge in [-0.25, -0.2) is 30.0 Å². The fourth-order valence-corrected chi connectivity index (χ4v) is 10.3. The molecule has 5 rings (SSSR count). The number of sulfone groups is 1. The lowest BCUT2D eigenvalue weighted by molar-refractivity contribution is 0.236. The Bertz CT molecular complexity index is 1850. The van der Waals surface area contributed by atoms with Gasteiger partial charge in [-0.2, -0.15) is 4.31 Å². The molecule has 1 aliphatic heterocycles. The van der Waals surface area contributed by atoms with Crippen molar-refractivity contribution in [2.75, 3.05) is 24.6 Å². The number of aromatic nitrogens is 2. The molecule has 2 aromatic carbocycles. The highest BCUT2D eigenvalue weighted by atomic mass is 32.2. The van der Waals surface area contributed by atoms with Gasteiger partial charge in [0.05, 0.1) is 22.5 Å². The third-order valence-corrected chi connectivity index (χ3v) is 12.2. The van der Waals surface area contributed by atoms with Crippen molar-refractivity contribution in [2.45, 2.75) is 28.7 Å². The zero-order valence-electron chi connectivity index (χ0n) is 20.5. The van der Waals surface area contributed by atoms with Crippen molar-refractivity contribution in [1.82, 2.24) is 19.0 Å². The van der Waals surface area contributed by atoms with Crippen molar-refractivity contribution in [3.8, 4) is 0 Å². The molecule has 4 aromatic rings. The molecule has 1 fully saturated rings. The van der Waals surface area contributed by atoms with Crippen LogP contribution in [0.15, 0.2) is 82.8 Å². The Labute approximate surface area is 221 Å². The first-order valence-corrected chi connectivity index (χ1v) is 16.6. The van der Waals surface area contributed by atoms with Crippen molar-refractivity contribution in [3.63, 3.8) is 0 Å². The van der Waals surface area contributed by atoms with E-state index in [4.69, 9.17) is 0 Å². The standard InChI is InChI=1S/C25H26N4O6S3/c1-25(12-17-36(30,31)18-25)29(38(34,35)22-11-3-7-20-9-5-14-27-24(20)22)16-15-28-37(32,33)21-10-2-6-19-8-4-13-26-23(19)21/h2-11,13-14,28H,12,15-18H2,1H3/t25-/m1/s1. The second-order valence-corrected chi connectivity index (χ2v) is 15.2. The molecule has 10 nitrogen and oxygen atoms in total. The lowest BCUT2D eigenvalue weighted by Crippen LogP contribution is -2.53. The summed E-state index contributed by atoms with van der Waals surface area (Å²) in [5.74, 6) is -0.520. The Kier molecular flexibility index (Phi) is 6.76. The van der Waals surface area contributed by atoms with Crippen molar-refractivity contribution < 1.29 is 25.3 Å². The smallest absolute Gasteiger partial charge is 0.245 e. The molecule has 0 unspecified atom stereocenters. The lowest BCUT2D eigenvalue weighted by atomic mass is 10.0. The second-order valence-electron chi connectivity index (χ2n) is 9.48. The maximum absolute atomic E-state index is 14.1. The van der Waals surface area contributed by atoms with E-state index in [9.17, 15) is 25.3 Å². The minimum absolute atomic E-state index is 0.0297. The molecule has 200 valence electrons. The van der Waals surface area contributed by atoms with E-state index < -0.39 is 35.4 Å². The van der Waals surface area contributed by atoms with Crippen LogP contribution in [0.25, 0.3) is 21.8 Å². The zero-order valence-corrected chi connectivity index (χ0v) is 22.9. The molecule has 1 saturated heterocycles. The van der Waals surface area contributed by atoms with E-state index in [2.05, 4.69) is 14.7 Å². The Morgan fingerprint density at radius 1 is 0.868 bits per heavy atom. The first-order chi connectivity index (χ1) is 17.9. The highest BCUT2D eigenvalue weighted by Crippen LogP contribution is 2.35. The van der Waals surface area contributed by atoms with Gasteiger partial charge in [0.25, 0.3) is 0 Å². The number of para-hydroxylation sites is 2. The average molecular weight is 575 g/mol. The predicted molar refractivity (Wildman–Crippen MR) is 144 cm³/mol. The molecule has 0 aliphatic carbocycles. The van der Waals surface area contributed by atoms with Crippen LogP contribution in [0.1, 0.15) is 13.3 Å². The van der Waals surface area contributed by atoms with Gasteiger partial charge < -0.3 is 0 Å². The van der Waals surface area contributed by atoms with E-state index in [0.29, 0.717) is 16.3 Å². The summed E-state index contributed by atoms with van der Waals surface area (Å²) >= 11 is 0. The Balaban J connectivity index is 1.50. The van der Waals surface area contributed by atoms with Crippen LogP contribution in [0.2, 0.25) is 0 Å². The number of rotatable bonds is 8. The Morgan fingerprint density at radius 2 is 1.42 bits per heavy atom. The van der Waals surface area contributed by atoms with Gasteiger partial charge in [-0.1, -0.05) is 36.4 Å². The second kappa shape index (κ2) is 9.65. The highest BCUT2D eigenvalue weighted by molar-refractivity contribution is 7.92. The molecule has 0 saturated carbocycles. The summed E-state index contributed by atoms with van der Waals surface area (Å²) in [6.45, 7) is 1.02. The number of nitrogens with one attached hydrogen (secondary N) is 1. The molecule has 38 heavy (non-hydrogen) atoms. The fraction of sp³-hybridized carbons (Fsp3) is 0.280. The summed E-state index contributed by atoms with van der Waals surface area (Å²) in [5.41, 5.74) is -0.712. The molecule has 0 bridgehead atoms.